The summed E-state index contributed by atoms with van der Waals surface area (Å²) in [6.07, 6.45) is 0.206. The first-order chi connectivity index (χ1) is 8.58. The summed E-state index contributed by atoms with van der Waals surface area (Å²) in [6, 6.07) is 4.73. The Morgan fingerprint density at radius 2 is 2.05 bits per heavy atom. The van der Waals surface area contributed by atoms with E-state index in [0.717, 1.165) is 0 Å². The Morgan fingerprint density at radius 1 is 1.37 bits per heavy atom. The highest BCUT2D eigenvalue weighted by Crippen LogP contribution is 2.20. The predicted octanol–water partition coefficient (Wildman–Crippen LogP) is 1.80. The van der Waals surface area contributed by atoms with Gasteiger partial charge in [0.2, 0.25) is 5.91 Å². The lowest BCUT2D eigenvalue weighted by atomic mass is 10.1. The van der Waals surface area contributed by atoms with Gasteiger partial charge in [-0.05, 0) is 25.1 Å². The summed E-state index contributed by atoms with van der Waals surface area (Å²) in [5.74, 6) is -0.506. The molecule has 0 aliphatic carbocycles. The first kappa shape index (κ1) is 17.7. The average molecular weight is 306 g/mol. The number of rotatable bonds is 5. The normalized spacial score (nSPS) is 9.42. The van der Waals surface area contributed by atoms with E-state index in [-0.39, 0.29) is 37.2 Å². The van der Waals surface area contributed by atoms with Gasteiger partial charge in [-0.25, -0.2) is 0 Å². The zero-order valence-electron chi connectivity index (χ0n) is 10.5. The molecule has 0 aromatic heterocycles. The predicted molar refractivity (Wildman–Crippen MR) is 79.0 cm³/mol. The molecule has 1 aromatic carbocycles. The molecule has 5 nitrogen and oxygen atoms in total. The molecule has 19 heavy (non-hydrogen) atoms. The molecule has 7 heteroatoms. The Labute approximate surface area is 123 Å². The van der Waals surface area contributed by atoms with E-state index in [4.69, 9.17) is 17.3 Å². The number of nitrogens with one attached hydrogen (secondary N) is 2. The van der Waals surface area contributed by atoms with Crippen LogP contribution in [0.5, 0.6) is 0 Å². The Morgan fingerprint density at radius 3 is 2.63 bits per heavy atom. The van der Waals surface area contributed by atoms with Crippen molar-refractivity contribution in [2.24, 2.45) is 5.73 Å². The summed E-state index contributed by atoms with van der Waals surface area (Å²) < 4.78 is 0. The van der Waals surface area contributed by atoms with Gasteiger partial charge in [-0.1, -0.05) is 11.6 Å². The summed E-state index contributed by atoms with van der Waals surface area (Å²) in [6.45, 7) is 2.58. The fraction of sp³-hybridized carbons (Fsp3) is 0.333. The van der Waals surface area contributed by atoms with Crippen LogP contribution in [0, 0.1) is 0 Å². The first-order valence-electron chi connectivity index (χ1n) is 5.66. The van der Waals surface area contributed by atoms with E-state index in [2.05, 4.69) is 10.6 Å². The Bertz CT molecular complexity index is 453. The van der Waals surface area contributed by atoms with Crippen molar-refractivity contribution in [3.63, 3.8) is 0 Å². The molecule has 0 radical (unpaired) electrons. The van der Waals surface area contributed by atoms with E-state index in [1.807, 2.05) is 6.92 Å². The number of carbonyl (C=O) groups is 2. The molecule has 0 saturated carbocycles. The zero-order chi connectivity index (χ0) is 13.5. The van der Waals surface area contributed by atoms with Gasteiger partial charge in [0.15, 0.2) is 0 Å². The number of carbonyl (C=O) groups excluding carboxylic acids is 2. The van der Waals surface area contributed by atoms with Gasteiger partial charge in [0.05, 0.1) is 11.3 Å². The molecule has 0 unspecified atom stereocenters. The zero-order valence-corrected chi connectivity index (χ0v) is 12.1. The molecule has 0 saturated heterocycles. The van der Waals surface area contributed by atoms with Gasteiger partial charge >= 0.3 is 0 Å². The van der Waals surface area contributed by atoms with Crippen LogP contribution in [0.3, 0.4) is 0 Å². The third-order valence-electron chi connectivity index (χ3n) is 2.21. The van der Waals surface area contributed by atoms with Crippen molar-refractivity contribution in [2.75, 3.05) is 18.4 Å². The molecule has 106 valence electrons. The summed E-state index contributed by atoms with van der Waals surface area (Å²) in [4.78, 5) is 23.3. The monoisotopic (exact) mass is 305 g/mol. The van der Waals surface area contributed by atoms with Crippen LogP contribution in [0.2, 0.25) is 5.02 Å². The van der Waals surface area contributed by atoms with Crippen molar-refractivity contribution in [1.29, 1.82) is 0 Å². The maximum absolute atomic E-state index is 11.8. The lowest BCUT2D eigenvalue weighted by molar-refractivity contribution is -0.116. The third kappa shape index (κ3) is 5.46. The standard InChI is InChI=1S/C12H16ClN3O2.ClH/c1-2-15-12(18)9-7-8(13)3-4-10(9)16-11(17)5-6-14;/h3-4,7H,2,5-6,14H2,1H3,(H,15,18)(H,16,17);1H. The average Bonchev–Trinajstić information content (AvgIpc) is 2.32. The Kier molecular flexibility index (Phi) is 8.14. The minimum Gasteiger partial charge on any atom is -0.352 e. The maximum atomic E-state index is 11.8. The van der Waals surface area contributed by atoms with Crippen molar-refractivity contribution in [2.45, 2.75) is 13.3 Å². The molecule has 2 amide bonds. The molecule has 4 N–H and O–H groups in total. The molecule has 0 heterocycles. The second-order valence-electron chi connectivity index (χ2n) is 3.64. The lowest BCUT2D eigenvalue weighted by Crippen LogP contribution is -2.25. The van der Waals surface area contributed by atoms with Crippen LogP contribution in [-0.4, -0.2) is 24.9 Å². The van der Waals surface area contributed by atoms with E-state index in [1.54, 1.807) is 12.1 Å². The van der Waals surface area contributed by atoms with Crippen LogP contribution in [0.25, 0.3) is 0 Å². The molecule has 0 aliphatic heterocycles. The van der Waals surface area contributed by atoms with E-state index in [1.165, 1.54) is 6.07 Å². The van der Waals surface area contributed by atoms with Crippen molar-refractivity contribution in [3.8, 4) is 0 Å². The minimum atomic E-state index is -0.275. The summed E-state index contributed by atoms with van der Waals surface area (Å²) in [5.41, 5.74) is 6.07. The van der Waals surface area contributed by atoms with Gasteiger partial charge in [-0.2, -0.15) is 0 Å². The van der Waals surface area contributed by atoms with Gasteiger partial charge in [-0.3, -0.25) is 9.59 Å². The number of amides is 2. The third-order valence-corrected chi connectivity index (χ3v) is 2.44. The quantitative estimate of drug-likeness (QED) is 0.775. The molecular formula is C12H17Cl2N3O2. The number of nitrogens with two attached hydrogens (primary N) is 1. The molecule has 0 atom stereocenters. The topological polar surface area (TPSA) is 84.2 Å². The van der Waals surface area contributed by atoms with Gasteiger partial charge < -0.3 is 16.4 Å². The van der Waals surface area contributed by atoms with Crippen LogP contribution >= 0.6 is 24.0 Å². The Hall–Kier alpha value is -1.30. The van der Waals surface area contributed by atoms with Gasteiger partial charge in [0.25, 0.3) is 5.91 Å². The highest BCUT2D eigenvalue weighted by molar-refractivity contribution is 6.31. The highest BCUT2D eigenvalue weighted by Gasteiger charge is 2.13. The molecule has 0 fully saturated rings. The molecule has 1 rings (SSSR count). The van der Waals surface area contributed by atoms with Crippen LogP contribution in [0.15, 0.2) is 18.2 Å². The number of hydrogen-bond donors (Lipinski definition) is 3. The first-order valence-corrected chi connectivity index (χ1v) is 6.04. The molecule has 0 spiro atoms. The molecule has 0 bridgehead atoms. The Balaban J connectivity index is 0.00000324. The van der Waals surface area contributed by atoms with Crippen LogP contribution in [0.1, 0.15) is 23.7 Å². The van der Waals surface area contributed by atoms with Crippen LogP contribution < -0.4 is 16.4 Å². The highest BCUT2D eigenvalue weighted by atomic mass is 35.5. The fourth-order valence-corrected chi connectivity index (χ4v) is 1.59. The summed E-state index contributed by atoms with van der Waals surface area (Å²) in [5, 5.41) is 5.74. The van der Waals surface area contributed by atoms with Crippen molar-refractivity contribution < 1.29 is 9.59 Å². The SMILES string of the molecule is CCNC(=O)c1cc(Cl)ccc1NC(=O)CCN.Cl. The van der Waals surface area contributed by atoms with Gasteiger partial charge in [0, 0.05) is 24.5 Å². The maximum Gasteiger partial charge on any atom is 0.253 e. The molecular weight excluding hydrogens is 289 g/mol. The number of hydrogen-bond acceptors (Lipinski definition) is 3. The largest absolute Gasteiger partial charge is 0.352 e. The minimum absolute atomic E-state index is 0. The van der Waals surface area contributed by atoms with E-state index < -0.39 is 0 Å². The summed E-state index contributed by atoms with van der Waals surface area (Å²) in [7, 11) is 0. The van der Waals surface area contributed by atoms with Crippen molar-refractivity contribution in [1.82, 2.24) is 5.32 Å². The second-order valence-corrected chi connectivity index (χ2v) is 4.07. The summed E-state index contributed by atoms with van der Waals surface area (Å²) >= 11 is 5.85. The van der Waals surface area contributed by atoms with E-state index >= 15 is 0 Å². The fourth-order valence-electron chi connectivity index (χ4n) is 1.41. The van der Waals surface area contributed by atoms with Crippen LogP contribution in [0.4, 0.5) is 5.69 Å². The van der Waals surface area contributed by atoms with E-state index in [9.17, 15) is 9.59 Å². The lowest BCUT2D eigenvalue weighted by Gasteiger charge is -2.11. The van der Waals surface area contributed by atoms with Gasteiger partial charge in [0.1, 0.15) is 0 Å². The smallest absolute Gasteiger partial charge is 0.253 e. The van der Waals surface area contributed by atoms with Gasteiger partial charge in [-0.15, -0.1) is 12.4 Å². The number of halogens is 2. The second kappa shape index (κ2) is 8.74. The van der Waals surface area contributed by atoms with Crippen LogP contribution in [-0.2, 0) is 4.79 Å². The van der Waals surface area contributed by atoms with Crippen molar-refractivity contribution in [3.05, 3.63) is 28.8 Å². The van der Waals surface area contributed by atoms with Crippen molar-refractivity contribution >= 4 is 41.5 Å². The van der Waals surface area contributed by atoms with E-state index in [0.29, 0.717) is 22.8 Å². The molecule has 0 aliphatic rings. The number of benzene rings is 1. The number of anilines is 1. The molecule has 1 aromatic rings.